The van der Waals surface area contributed by atoms with Gasteiger partial charge in [0.25, 0.3) is 5.91 Å². The van der Waals surface area contributed by atoms with Gasteiger partial charge >= 0.3 is 0 Å². The molecule has 0 aromatic carbocycles. The number of nitrogens with zero attached hydrogens (tertiary/aromatic N) is 6. The van der Waals surface area contributed by atoms with Crippen molar-refractivity contribution < 1.29 is 9.90 Å². The Morgan fingerprint density at radius 3 is 2.83 bits per heavy atom. The van der Waals surface area contributed by atoms with Crippen LogP contribution in [-0.2, 0) is 6.61 Å². The van der Waals surface area contributed by atoms with Crippen LogP contribution in [0.1, 0.15) is 16.2 Å². The van der Waals surface area contributed by atoms with Gasteiger partial charge in [0.2, 0.25) is 5.13 Å². The number of nitrogens with one attached hydrogen (secondary N) is 1. The van der Waals surface area contributed by atoms with Gasteiger partial charge in [0, 0.05) is 22.7 Å². The van der Waals surface area contributed by atoms with Crippen molar-refractivity contribution in [3.05, 3.63) is 65.8 Å². The van der Waals surface area contributed by atoms with Crippen LogP contribution < -0.4 is 4.31 Å². The van der Waals surface area contributed by atoms with Crippen molar-refractivity contribution in [2.24, 2.45) is 0 Å². The number of anilines is 1. The number of aromatic amines is 1. The molecule has 0 bridgehead atoms. The maximum absolute atomic E-state index is 13.2. The second-order valence-corrected chi connectivity index (χ2v) is 8.30. The summed E-state index contributed by atoms with van der Waals surface area (Å²) in [5, 5.41) is 19.2. The van der Waals surface area contributed by atoms with Crippen LogP contribution in [0.25, 0.3) is 0 Å². The molecule has 146 valence electrons. The van der Waals surface area contributed by atoms with Crippen LogP contribution in [0.4, 0.5) is 5.13 Å². The molecule has 0 aliphatic heterocycles. The van der Waals surface area contributed by atoms with E-state index in [-0.39, 0.29) is 18.2 Å². The third-order valence-electron chi connectivity index (χ3n) is 3.47. The highest BCUT2D eigenvalue weighted by Crippen LogP contribution is 2.32. The number of H-pyrrole nitrogens is 1. The molecule has 1 amide bonds. The van der Waals surface area contributed by atoms with E-state index in [1.807, 2.05) is 0 Å². The van der Waals surface area contributed by atoms with Gasteiger partial charge in [-0.2, -0.15) is 5.10 Å². The van der Waals surface area contributed by atoms with E-state index >= 15 is 0 Å². The minimum Gasteiger partial charge on any atom is -0.390 e. The second kappa shape index (κ2) is 9.13. The van der Waals surface area contributed by atoms with Gasteiger partial charge in [0.1, 0.15) is 17.0 Å². The van der Waals surface area contributed by atoms with E-state index in [2.05, 4.69) is 30.1 Å². The number of pyridine rings is 2. The minimum absolute atomic E-state index is 0.139. The fourth-order valence-electron chi connectivity index (χ4n) is 2.18. The lowest BCUT2D eigenvalue weighted by Gasteiger charge is -2.18. The van der Waals surface area contributed by atoms with Crippen LogP contribution in [0.15, 0.2) is 69.5 Å². The van der Waals surface area contributed by atoms with E-state index in [0.29, 0.717) is 21.0 Å². The Bertz CT molecular complexity index is 1070. The lowest BCUT2D eigenvalue weighted by atomic mass is 10.3. The monoisotopic (exact) mass is 443 g/mol. The molecule has 0 aliphatic rings. The lowest BCUT2D eigenvalue weighted by Crippen LogP contribution is -2.24. The third-order valence-corrected chi connectivity index (χ3v) is 6.14. The molecule has 0 saturated carbocycles. The smallest absolute Gasteiger partial charge is 0.289 e. The van der Waals surface area contributed by atoms with Gasteiger partial charge in [-0.25, -0.2) is 19.3 Å². The van der Waals surface area contributed by atoms with Crippen LogP contribution in [0.5, 0.6) is 0 Å². The molecule has 4 rings (SSSR count). The largest absolute Gasteiger partial charge is 0.390 e. The van der Waals surface area contributed by atoms with Gasteiger partial charge in [-0.3, -0.25) is 14.9 Å². The van der Waals surface area contributed by atoms with E-state index in [1.165, 1.54) is 45.7 Å². The van der Waals surface area contributed by atoms with Crippen LogP contribution in [-0.4, -0.2) is 41.1 Å². The summed E-state index contributed by atoms with van der Waals surface area (Å²) in [5.74, 6) is -0.309. The molecule has 4 heterocycles. The van der Waals surface area contributed by atoms with Gasteiger partial charge in [-0.15, -0.1) is 11.3 Å². The molecule has 0 radical (unpaired) electrons. The van der Waals surface area contributed by atoms with E-state index in [9.17, 15) is 4.79 Å². The first kappa shape index (κ1) is 19.5. The van der Waals surface area contributed by atoms with Crippen molar-refractivity contribution >= 4 is 46.1 Å². The van der Waals surface area contributed by atoms with Crippen molar-refractivity contribution in [2.45, 2.75) is 21.7 Å². The van der Waals surface area contributed by atoms with Gasteiger partial charge in [-0.1, -0.05) is 6.07 Å². The maximum atomic E-state index is 13.2. The van der Waals surface area contributed by atoms with Gasteiger partial charge in [-0.05, 0) is 48.0 Å². The number of aromatic nitrogens is 6. The Kier molecular flexibility index (Phi) is 6.14. The molecule has 2 N–H and O–H groups in total. The van der Waals surface area contributed by atoms with Gasteiger partial charge in [0.15, 0.2) is 5.16 Å². The van der Waals surface area contributed by atoms with Crippen molar-refractivity contribution in [3.8, 4) is 0 Å². The SMILES string of the molecule is O=C(c1cccc(Sc2ncn[nH]2)n1)N(Sc1ccc(CO)nc1)c1nccs1. The van der Waals surface area contributed by atoms with E-state index in [4.69, 9.17) is 5.11 Å². The topological polar surface area (TPSA) is 121 Å². The van der Waals surface area contributed by atoms with Gasteiger partial charge < -0.3 is 5.11 Å². The number of thiazole rings is 1. The van der Waals surface area contributed by atoms with Crippen molar-refractivity contribution in [1.82, 2.24) is 30.1 Å². The number of aliphatic hydroxyl groups excluding tert-OH is 1. The minimum atomic E-state index is -0.309. The average Bonchev–Trinajstić information content (AvgIpc) is 3.47. The summed E-state index contributed by atoms with van der Waals surface area (Å²) in [5.41, 5.74) is 0.831. The summed E-state index contributed by atoms with van der Waals surface area (Å²) < 4.78 is 1.48. The van der Waals surface area contributed by atoms with Crippen LogP contribution >= 0.6 is 35.0 Å². The van der Waals surface area contributed by atoms with Crippen LogP contribution in [0.3, 0.4) is 0 Å². The molecule has 0 spiro atoms. The predicted molar refractivity (Wildman–Crippen MR) is 110 cm³/mol. The summed E-state index contributed by atoms with van der Waals surface area (Å²) in [6, 6.07) is 8.71. The Hall–Kier alpha value is -2.80. The average molecular weight is 444 g/mol. The summed E-state index contributed by atoms with van der Waals surface area (Å²) >= 11 is 3.82. The molecule has 0 atom stereocenters. The zero-order valence-electron chi connectivity index (χ0n) is 14.7. The summed E-state index contributed by atoms with van der Waals surface area (Å²) in [4.78, 5) is 30.9. The summed E-state index contributed by atoms with van der Waals surface area (Å²) in [6.45, 7) is -0.139. The first-order valence-corrected chi connectivity index (χ1v) is 10.7. The lowest BCUT2D eigenvalue weighted by molar-refractivity contribution is 0.100. The van der Waals surface area contributed by atoms with Crippen molar-refractivity contribution in [3.63, 3.8) is 0 Å². The fourth-order valence-corrected chi connectivity index (χ4v) is 4.40. The van der Waals surface area contributed by atoms with E-state index in [1.54, 1.807) is 48.1 Å². The highest BCUT2D eigenvalue weighted by molar-refractivity contribution is 8.01. The molecule has 0 aliphatic carbocycles. The number of hydrogen-bond acceptors (Lipinski definition) is 10. The van der Waals surface area contributed by atoms with Crippen molar-refractivity contribution in [2.75, 3.05) is 4.31 Å². The molecule has 29 heavy (non-hydrogen) atoms. The maximum Gasteiger partial charge on any atom is 0.289 e. The number of carbonyl (C=O) groups is 1. The predicted octanol–water partition coefficient (Wildman–Crippen LogP) is 3.05. The normalized spacial score (nSPS) is 10.8. The molecular formula is C17H13N7O2S3. The number of carbonyl (C=O) groups excluding carboxylic acids is 1. The van der Waals surface area contributed by atoms with E-state index < -0.39 is 0 Å². The van der Waals surface area contributed by atoms with Gasteiger partial charge in [0.05, 0.1) is 12.3 Å². The fraction of sp³-hybridized carbons (Fsp3) is 0.0588. The Labute approximate surface area is 177 Å². The molecule has 4 aromatic heterocycles. The molecule has 0 unspecified atom stereocenters. The number of rotatable bonds is 7. The summed E-state index contributed by atoms with van der Waals surface area (Å²) in [6.07, 6.45) is 4.65. The molecule has 4 aromatic rings. The van der Waals surface area contributed by atoms with Crippen LogP contribution in [0, 0.1) is 0 Å². The molecule has 0 saturated heterocycles. The third kappa shape index (κ3) is 4.79. The standard InChI is InChI=1S/C17H13N7O2S3/c25-9-11-4-5-12(8-19-11)29-24(17-18-6-7-27-17)15(26)13-2-1-3-14(22-13)28-16-20-10-21-23-16/h1-8,10,25H,9H2,(H,20,21,23). The highest BCUT2D eigenvalue weighted by atomic mass is 32.2. The summed E-state index contributed by atoms with van der Waals surface area (Å²) in [7, 11) is 0. The molecule has 12 heteroatoms. The highest BCUT2D eigenvalue weighted by Gasteiger charge is 2.23. The number of hydrogen-bond donors (Lipinski definition) is 2. The molecule has 0 fully saturated rings. The van der Waals surface area contributed by atoms with Crippen LogP contribution in [0.2, 0.25) is 0 Å². The Balaban J connectivity index is 1.59. The molecule has 9 nitrogen and oxygen atoms in total. The first-order valence-electron chi connectivity index (χ1n) is 8.21. The number of amides is 1. The Morgan fingerprint density at radius 2 is 2.14 bits per heavy atom. The molecular weight excluding hydrogens is 430 g/mol. The number of aliphatic hydroxyl groups is 1. The first-order chi connectivity index (χ1) is 14.2. The quantitative estimate of drug-likeness (QED) is 0.415. The van der Waals surface area contributed by atoms with Crippen molar-refractivity contribution in [1.29, 1.82) is 0 Å². The zero-order chi connectivity index (χ0) is 20.1. The zero-order valence-corrected chi connectivity index (χ0v) is 17.1. The second-order valence-electron chi connectivity index (χ2n) is 5.40. The Morgan fingerprint density at radius 1 is 1.21 bits per heavy atom. The van der Waals surface area contributed by atoms with E-state index in [0.717, 1.165) is 4.90 Å².